The van der Waals surface area contributed by atoms with Gasteiger partial charge in [0.2, 0.25) is 5.83 Å². The Hall–Kier alpha value is -0.740. The zero-order valence-electron chi connectivity index (χ0n) is 5.00. The predicted molar refractivity (Wildman–Crippen MR) is 28.4 cm³/mol. The molecule has 0 saturated heterocycles. The van der Waals surface area contributed by atoms with Crippen LogP contribution in [-0.2, 0) is 0 Å². The minimum Gasteiger partial charge on any atom is -0.400 e. The van der Waals surface area contributed by atoms with Crippen molar-refractivity contribution in [2.45, 2.75) is 12.6 Å². The zero-order chi connectivity index (χ0) is 8.36. The van der Waals surface area contributed by atoms with E-state index in [2.05, 4.69) is 12.7 Å². The molecule has 5 heteroatoms. The topological polar surface area (TPSA) is 26.0 Å². The third-order valence-corrected chi connectivity index (χ3v) is 0.800. The first kappa shape index (κ1) is 9.26. The molecular weight excluding hydrogens is 150 g/mol. The van der Waals surface area contributed by atoms with Crippen LogP contribution >= 0.6 is 0 Å². The number of allylic oxidation sites excluding steroid dienone is 2. The van der Waals surface area contributed by atoms with Crippen LogP contribution in [0.4, 0.5) is 17.6 Å². The fourth-order valence-corrected chi connectivity index (χ4v) is 0.292. The van der Waals surface area contributed by atoms with Gasteiger partial charge in [-0.2, -0.15) is 17.6 Å². The lowest BCUT2D eigenvalue weighted by Gasteiger charge is -2.04. The lowest BCUT2D eigenvalue weighted by atomic mass is 10.3. The lowest BCUT2D eigenvalue weighted by molar-refractivity contribution is -0.110. The SMILES string of the molecule is [CH2]CC(N)=C(F)C(F)(F)F. The Balaban J connectivity index is 4.47. The normalized spacial score (nSPS) is 14.9. The summed E-state index contributed by atoms with van der Waals surface area (Å²) in [5.74, 6) is -2.25. The Morgan fingerprint density at radius 3 is 1.90 bits per heavy atom. The van der Waals surface area contributed by atoms with Gasteiger partial charge >= 0.3 is 6.18 Å². The molecule has 1 radical (unpaired) electrons. The largest absolute Gasteiger partial charge is 0.444 e. The van der Waals surface area contributed by atoms with Crippen LogP contribution in [0.15, 0.2) is 11.5 Å². The molecule has 0 unspecified atom stereocenters. The first-order chi connectivity index (χ1) is 4.39. The van der Waals surface area contributed by atoms with Gasteiger partial charge in [-0.15, -0.1) is 0 Å². The molecule has 0 aliphatic rings. The molecule has 0 aromatic carbocycles. The van der Waals surface area contributed by atoms with Crippen LogP contribution < -0.4 is 5.73 Å². The molecule has 10 heavy (non-hydrogen) atoms. The van der Waals surface area contributed by atoms with Crippen molar-refractivity contribution in [2.24, 2.45) is 5.73 Å². The van der Waals surface area contributed by atoms with Gasteiger partial charge in [-0.1, -0.05) is 0 Å². The van der Waals surface area contributed by atoms with Crippen molar-refractivity contribution in [1.82, 2.24) is 0 Å². The zero-order valence-corrected chi connectivity index (χ0v) is 5.00. The minimum atomic E-state index is -4.97. The molecule has 0 amide bonds. The van der Waals surface area contributed by atoms with E-state index in [1.54, 1.807) is 0 Å². The van der Waals surface area contributed by atoms with E-state index in [0.29, 0.717) is 0 Å². The highest BCUT2D eigenvalue weighted by Crippen LogP contribution is 2.28. The molecule has 0 heterocycles. The Labute approximate surface area is 55.5 Å². The Bertz CT molecular complexity index is 146. The highest BCUT2D eigenvalue weighted by Gasteiger charge is 2.36. The van der Waals surface area contributed by atoms with E-state index in [1.165, 1.54) is 0 Å². The van der Waals surface area contributed by atoms with Gasteiger partial charge in [0.05, 0.1) is 0 Å². The van der Waals surface area contributed by atoms with Crippen LogP contribution in [0.5, 0.6) is 0 Å². The average molecular weight is 156 g/mol. The van der Waals surface area contributed by atoms with E-state index in [-0.39, 0.29) is 6.42 Å². The maximum atomic E-state index is 11.9. The summed E-state index contributed by atoms with van der Waals surface area (Å²) in [6.45, 7) is 3.00. The quantitative estimate of drug-likeness (QED) is 0.576. The summed E-state index contributed by atoms with van der Waals surface area (Å²) in [6, 6.07) is 0. The van der Waals surface area contributed by atoms with Crippen molar-refractivity contribution in [3.05, 3.63) is 18.4 Å². The number of alkyl halides is 3. The Morgan fingerprint density at radius 2 is 1.80 bits per heavy atom. The van der Waals surface area contributed by atoms with Crippen molar-refractivity contribution in [3.8, 4) is 0 Å². The highest BCUT2D eigenvalue weighted by molar-refractivity contribution is 5.09. The molecule has 0 bridgehead atoms. The van der Waals surface area contributed by atoms with Crippen LogP contribution in [0.2, 0.25) is 0 Å². The summed E-state index contributed by atoms with van der Waals surface area (Å²) in [6.07, 6.45) is -5.35. The van der Waals surface area contributed by atoms with Crippen LogP contribution in [-0.4, -0.2) is 6.18 Å². The molecule has 2 N–H and O–H groups in total. The first-order valence-electron chi connectivity index (χ1n) is 2.40. The van der Waals surface area contributed by atoms with Gasteiger partial charge in [0, 0.05) is 5.70 Å². The van der Waals surface area contributed by atoms with Gasteiger partial charge in [-0.05, 0) is 13.3 Å². The van der Waals surface area contributed by atoms with E-state index in [0.717, 1.165) is 0 Å². The molecule has 59 valence electrons. The summed E-state index contributed by atoms with van der Waals surface area (Å²) in [7, 11) is 0. The second-order valence-corrected chi connectivity index (χ2v) is 1.59. The van der Waals surface area contributed by atoms with E-state index < -0.39 is 17.7 Å². The van der Waals surface area contributed by atoms with Crippen LogP contribution in [0.3, 0.4) is 0 Å². The third-order valence-electron chi connectivity index (χ3n) is 0.800. The Morgan fingerprint density at radius 1 is 1.40 bits per heavy atom. The van der Waals surface area contributed by atoms with Gasteiger partial charge < -0.3 is 5.73 Å². The maximum absolute atomic E-state index is 11.9. The Kier molecular flexibility index (Phi) is 2.68. The fraction of sp³-hybridized carbons (Fsp3) is 0.400. The second kappa shape index (κ2) is 2.90. The fourth-order valence-electron chi connectivity index (χ4n) is 0.292. The van der Waals surface area contributed by atoms with E-state index in [1.807, 2.05) is 0 Å². The van der Waals surface area contributed by atoms with Crippen molar-refractivity contribution >= 4 is 0 Å². The highest BCUT2D eigenvalue weighted by atomic mass is 19.4. The summed E-state index contributed by atoms with van der Waals surface area (Å²) in [5.41, 5.74) is 3.76. The molecular formula is C5H6F4N. The first-order valence-corrected chi connectivity index (χ1v) is 2.40. The average Bonchev–Trinajstić information content (AvgIpc) is 1.83. The van der Waals surface area contributed by atoms with Crippen LogP contribution in [0.25, 0.3) is 0 Å². The molecule has 0 aliphatic carbocycles. The molecule has 0 saturated carbocycles. The molecule has 0 rings (SSSR count). The predicted octanol–water partition coefficient (Wildman–Crippen LogP) is 1.91. The van der Waals surface area contributed by atoms with Gasteiger partial charge in [-0.25, -0.2) is 0 Å². The second-order valence-electron chi connectivity index (χ2n) is 1.59. The number of rotatable bonds is 1. The third kappa shape index (κ3) is 2.24. The van der Waals surface area contributed by atoms with Crippen LogP contribution in [0.1, 0.15) is 6.42 Å². The van der Waals surface area contributed by atoms with E-state index in [4.69, 9.17) is 0 Å². The molecule has 0 atom stereocenters. The van der Waals surface area contributed by atoms with Crippen molar-refractivity contribution < 1.29 is 17.6 Å². The van der Waals surface area contributed by atoms with Crippen molar-refractivity contribution in [2.75, 3.05) is 0 Å². The number of hydrogen-bond acceptors (Lipinski definition) is 1. The number of nitrogens with two attached hydrogens (primary N) is 1. The lowest BCUT2D eigenvalue weighted by Crippen LogP contribution is -2.14. The van der Waals surface area contributed by atoms with E-state index in [9.17, 15) is 17.6 Å². The molecule has 0 spiro atoms. The van der Waals surface area contributed by atoms with E-state index >= 15 is 0 Å². The van der Waals surface area contributed by atoms with Gasteiger partial charge in [-0.3, -0.25) is 0 Å². The van der Waals surface area contributed by atoms with Gasteiger partial charge in [0.25, 0.3) is 0 Å². The van der Waals surface area contributed by atoms with Gasteiger partial charge in [0.1, 0.15) is 0 Å². The van der Waals surface area contributed by atoms with Crippen molar-refractivity contribution in [1.29, 1.82) is 0 Å². The van der Waals surface area contributed by atoms with Gasteiger partial charge in [0.15, 0.2) is 0 Å². The van der Waals surface area contributed by atoms with Crippen molar-refractivity contribution in [3.63, 3.8) is 0 Å². The number of halogens is 4. The summed E-state index contributed by atoms with van der Waals surface area (Å²) in [4.78, 5) is 0. The minimum absolute atomic E-state index is 0.384. The standard InChI is InChI=1S/C5H6F4N/c1-2-3(10)4(6)5(7,8)9/h1-2,10H2. The molecule has 0 aromatic rings. The monoisotopic (exact) mass is 156 g/mol. The molecule has 0 aromatic heterocycles. The molecule has 0 fully saturated rings. The summed E-state index contributed by atoms with van der Waals surface area (Å²) < 4.78 is 45.9. The maximum Gasteiger partial charge on any atom is 0.444 e. The van der Waals surface area contributed by atoms with Crippen LogP contribution in [0, 0.1) is 6.92 Å². The molecule has 1 nitrogen and oxygen atoms in total. The summed E-state index contributed by atoms with van der Waals surface area (Å²) in [5, 5.41) is 0. The smallest absolute Gasteiger partial charge is 0.400 e. The summed E-state index contributed by atoms with van der Waals surface area (Å²) >= 11 is 0. The molecule has 0 aliphatic heterocycles. The number of hydrogen-bond donors (Lipinski definition) is 1.